The highest BCUT2D eigenvalue weighted by atomic mass is 28.4. The van der Waals surface area contributed by atoms with Crippen molar-refractivity contribution in [3.05, 3.63) is 35.1 Å². The number of hydrogen-bond donors (Lipinski definition) is 1. The highest BCUT2D eigenvalue weighted by Gasteiger charge is 2.36. The van der Waals surface area contributed by atoms with Gasteiger partial charge < -0.3 is 13.6 Å². The summed E-state index contributed by atoms with van der Waals surface area (Å²) in [5.74, 6) is -3.40. The molecule has 0 saturated heterocycles. The Balaban J connectivity index is 3.01. The van der Waals surface area contributed by atoms with E-state index in [2.05, 4.69) is 0 Å². The van der Waals surface area contributed by atoms with Crippen LogP contribution in [-0.4, -0.2) is 27.8 Å². The summed E-state index contributed by atoms with van der Waals surface area (Å²) in [6.45, 7) is 0. The zero-order chi connectivity index (χ0) is 12.3. The first-order chi connectivity index (χ1) is 7.41. The van der Waals surface area contributed by atoms with Crippen LogP contribution in [0.3, 0.4) is 0 Å². The van der Waals surface area contributed by atoms with E-state index in [1.54, 1.807) is 0 Å². The smallest absolute Gasteiger partial charge is 0.390 e. The van der Waals surface area contributed by atoms with Gasteiger partial charge in [0, 0.05) is 26.3 Å². The van der Waals surface area contributed by atoms with Crippen molar-refractivity contribution in [2.75, 3.05) is 14.2 Å². The van der Waals surface area contributed by atoms with Crippen molar-refractivity contribution in [2.45, 2.75) is 6.04 Å². The number of rotatable bonds is 4. The van der Waals surface area contributed by atoms with Crippen LogP contribution in [0.15, 0.2) is 12.1 Å². The normalized spacial score (nSPS) is 11.9. The van der Waals surface area contributed by atoms with Gasteiger partial charge in [-0.3, -0.25) is 0 Å². The minimum absolute atomic E-state index is 0.184. The summed E-state index contributed by atoms with van der Waals surface area (Å²) in [6.07, 6.45) is 0. The molecule has 0 fully saturated rings. The van der Waals surface area contributed by atoms with E-state index >= 15 is 0 Å². The van der Waals surface area contributed by atoms with Crippen LogP contribution in [0.1, 0.15) is 5.56 Å². The average molecular weight is 252 g/mol. The van der Waals surface area contributed by atoms with Gasteiger partial charge in [0.15, 0.2) is 11.6 Å². The Bertz CT molecular complexity index is 383. The first kappa shape index (κ1) is 13.2. The minimum atomic E-state index is -3.54. The summed E-state index contributed by atoms with van der Waals surface area (Å²) in [5.41, 5.74) is -0.184. The molecule has 1 N–H and O–H groups in total. The van der Waals surface area contributed by atoms with Crippen molar-refractivity contribution < 1.29 is 26.8 Å². The molecule has 1 aromatic carbocycles. The molecule has 3 nitrogen and oxygen atoms in total. The van der Waals surface area contributed by atoms with E-state index in [4.69, 9.17) is 8.85 Å². The molecule has 0 aliphatic heterocycles. The first-order valence-electron chi connectivity index (χ1n) is 4.38. The largest absolute Gasteiger partial charge is 0.502 e. The van der Waals surface area contributed by atoms with Gasteiger partial charge in [0.05, 0.1) is 0 Å². The van der Waals surface area contributed by atoms with Crippen molar-refractivity contribution in [3.8, 4) is 0 Å². The summed E-state index contributed by atoms with van der Waals surface area (Å²) in [6, 6.07) is 0.786. The lowest BCUT2D eigenvalue weighted by Crippen LogP contribution is -2.43. The van der Waals surface area contributed by atoms with Crippen LogP contribution < -0.4 is 0 Å². The van der Waals surface area contributed by atoms with Crippen molar-refractivity contribution in [2.24, 2.45) is 0 Å². The summed E-state index contributed by atoms with van der Waals surface area (Å²) in [7, 11) is -1.14. The van der Waals surface area contributed by atoms with Crippen LogP contribution in [-0.2, 0) is 14.9 Å². The Kier molecular flexibility index (Phi) is 4.08. The summed E-state index contributed by atoms with van der Waals surface area (Å²) in [5, 5.41) is 0. The Morgan fingerprint density at radius 2 is 1.56 bits per heavy atom. The first-order valence-corrected chi connectivity index (χ1v) is 6.35. The fraction of sp³-hybridized carbons (Fsp3) is 0.333. The van der Waals surface area contributed by atoms with Crippen molar-refractivity contribution in [3.63, 3.8) is 0 Å². The maximum atomic E-state index is 13.2. The standard InChI is InChI=1S/C9H11F3O3Si/c1-14-16(13,15-2)5-6-3-8(11)9(12)4-7(6)10/h3-4,13H,5H2,1-2H3. The lowest BCUT2D eigenvalue weighted by molar-refractivity contribution is 0.150. The predicted molar refractivity (Wildman–Crippen MR) is 52.0 cm³/mol. The lowest BCUT2D eigenvalue weighted by atomic mass is 10.2. The summed E-state index contributed by atoms with van der Waals surface area (Å²) >= 11 is 0. The molecular formula is C9H11F3O3Si. The van der Waals surface area contributed by atoms with Crippen LogP contribution >= 0.6 is 0 Å². The third-order valence-electron chi connectivity index (χ3n) is 2.14. The van der Waals surface area contributed by atoms with Crippen molar-refractivity contribution in [1.82, 2.24) is 0 Å². The summed E-state index contributed by atoms with van der Waals surface area (Å²) in [4.78, 5) is 9.68. The van der Waals surface area contributed by atoms with E-state index in [0.29, 0.717) is 12.1 Å². The van der Waals surface area contributed by atoms with E-state index in [9.17, 15) is 18.0 Å². The molecule has 90 valence electrons. The molecule has 0 spiro atoms. The number of benzene rings is 1. The van der Waals surface area contributed by atoms with Gasteiger partial charge in [-0.25, -0.2) is 13.2 Å². The molecule has 0 radical (unpaired) electrons. The second-order valence-corrected chi connectivity index (χ2v) is 5.75. The topological polar surface area (TPSA) is 38.7 Å². The molecule has 0 amide bonds. The molecule has 0 heterocycles. The molecular weight excluding hydrogens is 241 g/mol. The molecule has 1 aromatic rings. The highest BCUT2D eigenvalue weighted by Crippen LogP contribution is 2.18. The monoisotopic (exact) mass is 252 g/mol. The Hall–Kier alpha value is -0.893. The molecule has 0 aliphatic rings. The fourth-order valence-corrected chi connectivity index (χ4v) is 2.38. The van der Waals surface area contributed by atoms with Crippen LogP contribution in [0.2, 0.25) is 0 Å². The van der Waals surface area contributed by atoms with Crippen molar-refractivity contribution >= 4 is 8.80 Å². The van der Waals surface area contributed by atoms with E-state index in [0.717, 1.165) is 0 Å². The van der Waals surface area contributed by atoms with Crippen LogP contribution in [0.4, 0.5) is 13.2 Å². The molecule has 0 bridgehead atoms. The van der Waals surface area contributed by atoms with Crippen LogP contribution in [0.25, 0.3) is 0 Å². The molecule has 0 unspecified atom stereocenters. The summed E-state index contributed by atoms with van der Waals surface area (Å²) < 4.78 is 48.1. The maximum absolute atomic E-state index is 13.2. The zero-order valence-electron chi connectivity index (χ0n) is 8.76. The Labute approximate surface area is 91.8 Å². The van der Waals surface area contributed by atoms with Gasteiger partial charge >= 0.3 is 8.80 Å². The quantitative estimate of drug-likeness (QED) is 0.650. The van der Waals surface area contributed by atoms with Gasteiger partial charge in [-0.05, 0) is 11.6 Å². The van der Waals surface area contributed by atoms with Gasteiger partial charge in [0.2, 0.25) is 0 Å². The van der Waals surface area contributed by atoms with Gasteiger partial charge in [-0.1, -0.05) is 0 Å². The third-order valence-corrected chi connectivity index (χ3v) is 4.24. The molecule has 0 atom stereocenters. The predicted octanol–water partition coefficient (Wildman–Crippen LogP) is 1.41. The van der Waals surface area contributed by atoms with Crippen LogP contribution in [0, 0.1) is 17.5 Å². The lowest BCUT2D eigenvalue weighted by Gasteiger charge is -2.19. The fourth-order valence-electron chi connectivity index (χ4n) is 1.17. The van der Waals surface area contributed by atoms with Gasteiger partial charge in [-0.2, -0.15) is 0 Å². The van der Waals surface area contributed by atoms with Gasteiger partial charge in [-0.15, -0.1) is 0 Å². The van der Waals surface area contributed by atoms with Gasteiger partial charge in [0.25, 0.3) is 0 Å². The Morgan fingerprint density at radius 3 is 2.06 bits per heavy atom. The zero-order valence-corrected chi connectivity index (χ0v) is 9.76. The maximum Gasteiger partial charge on any atom is 0.502 e. The van der Waals surface area contributed by atoms with Gasteiger partial charge in [0.1, 0.15) is 5.82 Å². The second-order valence-electron chi connectivity index (χ2n) is 3.16. The molecule has 16 heavy (non-hydrogen) atoms. The van der Waals surface area contributed by atoms with Crippen molar-refractivity contribution in [1.29, 1.82) is 0 Å². The van der Waals surface area contributed by atoms with Crippen LogP contribution in [0.5, 0.6) is 0 Å². The number of halogens is 3. The third kappa shape index (κ3) is 2.82. The van der Waals surface area contributed by atoms with E-state index in [1.807, 2.05) is 0 Å². The van der Waals surface area contributed by atoms with E-state index in [-0.39, 0.29) is 11.6 Å². The molecule has 0 saturated carbocycles. The van der Waals surface area contributed by atoms with E-state index in [1.165, 1.54) is 14.2 Å². The molecule has 0 aromatic heterocycles. The average Bonchev–Trinajstić information content (AvgIpc) is 2.25. The Morgan fingerprint density at radius 1 is 1.06 bits per heavy atom. The van der Waals surface area contributed by atoms with E-state index < -0.39 is 26.3 Å². The minimum Gasteiger partial charge on any atom is -0.390 e. The highest BCUT2D eigenvalue weighted by molar-refractivity contribution is 6.58. The second kappa shape index (κ2) is 4.96. The number of hydrogen-bond acceptors (Lipinski definition) is 3. The molecule has 1 rings (SSSR count). The SMILES string of the molecule is CO[Si](O)(Cc1cc(F)c(F)cc1F)OC. The molecule has 7 heteroatoms. The molecule has 0 aliphatic carbocycles.